The zero-order chi connectivity index (χ0) is 19.2. The van der Waals surface area contributed by atoms with Gasteiger partial charge in [-0.05, 0) is 29.8 Å². The third-order valence-electron chi connectivity index (χ3n) is 4.67. The molecule has 0 saturated heterocycles. The molecule has 0 radical (unpaired) electrons. The Morgan fingerprint density at radius 3 is 2.54 bits per heavy atom. The normalized spacial score (nSPS) is 10.9. The number of carbonyl (C=O) groups excluding carboxylic acids is 1. The van der Waals surface area contributed by atoms with Crippen molar-refractivity contribution in [2.24, 2.45) is 0 Å². The maximum atomic E-state index is 12.6. The summed E-state index contributed by atoms with van der Waals surface area (Å²) in [5.41, 5.74) is 4.04. The number of benzene rings is 2. The van der Waals surface area contributed by atoms with E-state index in [-0.39, 0.29) is 12.5 Å². The minimum Gasteiger partial charge on any atom is -0.354 e. The predicted octanol–water partition coefficient (Wildman–Crippen LogP) is 3.38. The highest BCUT2D eigenvalue weighted by atomic mass is 16.1. The van der Waals surface area contributed by atoms with Gasteiger partial charge in [0.2, 0.25) is 5.91 Å². The quantitative estimate of drug-likeness (QED) is 0.542. The van der Waals surface area contributed by atoms with Crippen LogP contribution in [0.3, 0.4) is 0 Å². The molecule has 5 heteroatoms. The van der Waals surface area contributed by atoms with Gasteiger partial charge in [-0.2, -0.15) is 0 Å². The summed E-state index contributed by atoms with van der Waals surface area (Å²) in [5, 5.41) is 3.00. The summed E-state index contributed by atoms with van der Waals surface area (Å²) in [4.78, 5) is 21.6. The largest absolute Gasteiger partial charge is 0.354 e. The standard InChI is InChI=1S/C23H22N4O/c28-23(25-15-13-19-10-6-7-14-24-19)17-27-21-12-5-4-11-20(21)26-22(27)16-18-8-2-1-3-9-18/h1-12,14H,13,15-17H2,(H,25,28). The molecule has 1 N–H and O–H groups in total. The van der Waals surface area contributed by atoms with Crippen molar-refractivity contribution in [3.8, 4) is 0 Å². The zero-order valence-electron chi connectivity index (χ0n) is 15.6. The van der Waals surface area contributed by atoms with Crippen molar-refractivity contribution in [2.45, 2.75) is 19.4 Å². The summed E-state index contributed by atoms with van der Waals surface area (Å²) in [6.07, 6.45) is 3.18. The van der Waals surface area contributed by atoms with Crippen LogP contribution in [-0.4, -0.2) is 27.0 Å². The van der Waals surface area contributed by atoms with Gasteiger partial charge in [-0.25, -0.2) is 4.98 Å². The summed E-state index contributed by atoms with van der Waals surface area (Å²) >= 11 is 0. The lowest BCUT2D eigenvalue weighted by Gasteiger charge is -2.10. The number of imidazole rings is 1. The number of nitrogens with zero attached hydrogens (tertiary/aromatic N) is 3. The van der Waals surface area contributed by atoms with Crippen molar-refractivity contribution < 1.29 is 4.79 Å². The molecule has 2 aromatic heterocycles. The number of fused-ring (bicyclic) bond motifs is 1. The van der Waals surface area contributed by atoms with Crippen molar-refractivity contribution in [2.75, 3.05) is 6.54 Å². The van der Waals surface area contributed by atoms with Crippen LogP contribution in [0.4, 0.5) is 0 Å². The molecule has 140 valence electrons. The smallest absolute Gasteiger partial charge is 0.240 e. The molecular weight excluding hydrogens is 348 g/mol. The number of rotatable bonds is 7. The van der Waals surface area contributed by atoms with E-state index >= 15 is 0 Å². The molecule has 28 heavy (non-hydrogen) atoms. The van der Waals surface area contributed by atoms with Gasteiger partial charge in [0.05, 0.1) is 11.0 Å². The van der Waals surface area contributed by atoms with E-state index in [4.69, 9.17) is 4.98 Å². The Kier molecular flexibility index (Phi) is 5.43. The van der Waals surface area contributed by atoms with Gasteiger partial charge >= 0.3 is 0 Å². The Balaban J connectivity index is 1.48. The Morgan fingerprint density at radius 2 is 1.71 bits per heavy atom. The van der Waals surface area contributed by atoms with Crippen molar-refractivity contribution >= 4 is 16.9 Å². The van der Waals surface area contributed by atoms with Gasteiger partial charge < -0.3 is 9.88 Å². The predicted molar refractivity (Wildman–Crippen MR) is 110 cm³/mol. The van der Waals surface area contributed by atoms with Crippen molar-refractivity contribution in [1.29, 1.82) is 0 Å². The fourth-order valence-electron chi connectivity index (χ4n) is 3.29. The first-order chi connectivity index (χ1) is 13.8. The molecule has 0 spiro atoms. The molecule has 0 aliphatic heterocycles. The second-order valence-corrected chi connectivity index (χ2v) is 6.69. The molecule has 1 amide bonds. The lowest BCUT2D eigenvalue weighted by Crippen LogP contribution is -2.30. The van der Waals surface area contributed by atoms with Crippen LogP contribution in [0.25, 0.3) is 11.0 Å². The molecule has 0 unspecified atom stereocenters. The summed E-state index contributed by atoms with van der Waals surface area (Å²) in [6.45, 7) is 0.821. The molecule has 4 aromatic rings. The van der Waals surface area contributed by atoms with Gasteiger partial charge in [-0.1, -0.05) is 48.5 Å². The Morgan fingerprint density at radius 1 is 0.929 bits per heavy atom. The lowest BCUT2D eigenvalue weighted by atomic mass is 10.1. The average molecular weight is 370 g/mol. The molecule has 2 heterocycles. The van der Waals surface area contributed by atoms with Crippen LogP contribution < -0.4 is 5.32 Å². The molecule has 4 rings (SSSR count). The zero-order valence-corrected chi connectivity index (χ0v) is 15.6. The van der Waals surface area contributed by atoms with E-state index < -0.39 is 0 Å². The van der Waals surface area contributed by atoms with E-state index in [0.29, 0.717) is 19.4 Å². The second kappa shape index (κ2) is 8.48. The van der Waals surface area contributed by atoms with Gasteiger partial charge in [-0.15, -0.1) is 0 Å². The van der Waals surface area contributed by atoms with Crippen molar-refractivity contribution in [1.82, 2.24) is 19.9 Å². The van der Waals surface area contributed by atoms with Crippen LogP contribution >= 0.6 is 0 Å². The number of pyridine rings is 1. The SMILES string of the molecule is O=C(Cn1c(Cc2ccccc2)nc2ccccc21)NCCc1ccccn1. The summed E-state index contributed by atoms with van der Waals surface area (Å²) < 4.78 is 2.01. The number of carbonyl (C=O) groups is 1. The fourth-order valence-corrected chi connectivity index (χ4v) is 3.29. The molecular formula is C23H22N4O. The highest BCUT2D eigenvalue weighted by Crippen LogP contribution is 2.18. The lowest BCUT2D eigenvalue weighted by molar-refractivity contribution is -0.121. The Bertz CT molecular complexity index is 1060. The van der Waals surface area contributed by atoms with Crippen LogP contribution in [0.1, 0.15) is 17.1 Å². The first-order valence-corrected chi connectivity index (χ1v) is 9.44. The monoisotopic (exact) mass is 370 g/mol. The molecule has 0 saturated carbocycles. The van der Waals surface area contributed by atoms with Gasteiger partial charge in [-0.3, -0.25) is 9.78 Å². The van der Waals surface area contributed by atoms with Crippen LogP contribution in [0, 0.1) is 0 Å². The fraction of sp³-hybridized carbons (Fsp3) is 0.174. The van der Waals surface area contributed by atoms with E-state index in [0.717, 1.165) is 22.6 Å². The van der Waals surface area contributed by atoms with Gasteiger partial charge in [0.15, 0.2) is 0 Å². The highest BCUT2D eigenvalue weighted by molar-refractivity contribution is 5.81. The Labute approximate surface area is 164 Å². The van der Waals surface area contributed by atoms with Crippen LogP contribution in [0.2, 0.25) is 0 Å². The van der Waals surface area contributed by atoms with Gasteiger partial charge in [0.25, 0.3) is 0 Å². The maximum Gasteiger partial charge on any atom is 0.240 e. The van der Waals surface area contributed by atoms with Crippen LogP contribution in [0.15, 0.2) is 79.0 Å². The van der Waals surface area contributed by atoms with Crippen molar-refractivity contribution in [3.63, 3.8) is 0 Å². The summed E-state index contributed by atoms with van der Waals surface area (Å²) in [7, 11) is 0. The first kappa shape index (κ1) is 17.9. The molecule has 0 aliphatic carbocycles. The number of aromatic nitrogens is 3. The van der Waals surface area contributed by atoms with E-state index in [1.165, 1.54) is 5.56 Å². The second-order valence-electron chi connectivity index (χ2n) is 6.69. The van der Waals surface area contributed by atoms with E-state index in [2.05, 4.69) is 22.4 Å². The van der Waals surface area contributed by atoms with Crippen molar-refractivity contribution in [3.05, 3.63) is 96.1 Å². The third kappa shape index (κ3) is 4.26. The van der Waals surface area contributed by atoms with E-state index in [1.807, 2.05) is 65.2 Å². The van der Waals surface area contributed by atoms with Gasteiger partial charge in [0.1, 0.15) is 12.4 Å². The molecule has 0 atom stereocenters. The Hall–Kier alpha value is -3.47. The van der Waals surface area contributed by atoms with E-state index in [1.54, 1.807) is 6.20 Å². The third-order valence-corrected chi connectivity index (χ3v) is 4.67. The molecule has 5 nitrogen and oxygen atoms in total. The minimum atomic E-state index is -0.0200. The first-order valence-electron chi connectivity index (χ1n) is 9.44. The highest BCUT2D eigenvalue weighted by Gasteiger charge is 2.14. The average Bonchev–Trinajstić information content (AvgIpc) is 3.06. The molecule has 0 bridgehead atoms. The number of amides is 1. The molecule has 0 aliphatic rings. The van der Waals surface area contributed by atoms with E-state index in [9.17, 15) is 4.79 Å². The number of hydrogen-bond acceptors (Lipinski definition) is 3. The summed E-state index contributed by atoms with van der Waals surface area (Å²) in [6, 6.07) is 24.0. The number of para-hydroxylation sites is 2. The number of nitrogens with one attached hydrogen (secondary N) is 1. The summed E-state index contributed by atoms with van der Waals surface area (Å²) in [5.74, 6) is 0.876. The van der Waals surface area contributed by atoms with Crippen LogP contribution in [-0.2, 0) is 24.2 Å². The molecule has 2 aromatic carbocycles. The number of hydrogen-bond donors (Lipinski definition) is 1. The topological polar surface area (TPSA) is 59.8 Å². The van der Waals surface area contributed by atoms with Gasteiger partial charge in [0, 0.05) is 31.3 Å². The minimum absolute atomic E-state index is 0.0200. The maximum absolute atomic E-state index is 12.6. The molecule has 0 fully saturated rings. The van der Waals surface area contributed by atoms with Crippen LogP contribution in [0.5, 0.6) is 0 Å².